The Hall–Kier alpha value is -3.60. The average Bonchev–Trinajstić information content (AvgIpc) is 2.69. The molecule has 2 N–H and O–H groups in total. The van der Waals surface area contributed by atoms with Crippen LogP contribution in [0.4, 0.5) is 11.4 Å². The van der Waals surface area contributed by atoms with Gasteiger partial charge in [0.05, 0.1) is 13.5 Å². The number of nitrogens with one attached hydrogen (secondary N) is 2. The first-order chi connectivity index (χ1) is 13.2. The molecule has 0 spiro atoms. The number of hydrogen-bond donors (Lipinski definition) is 2. The van der Waals surface area contributed by atoms with E-state index in [4.69, 9.17) is 4.74 Å². The number of benzene rings is 3. The molecule has 136 valence electrons. The van der Waals surface area contributed by atoms with E-state index in [0.29, 0.717) is 22.7 Å². The maximum absolute atomic E-state index is 12.4. The lowest BCUT2D eigenvalue weighted by molar-refractivity contribution is -0.115. The second kappa shape index (κ2) is 8.67. The second-order valence-corrected chi connectivity index (χ2v) is 5.94. The van der Waals surface area contributed by atoms with Crippen LogP contribution in [0.1, 0.15) is 15.9 Å². The molecule has 0 aliphatic rings. The Morgan fingerprint density at radius 3 is 2.22 bits per heavy atom. The van der Waals surface area contributed by atoms with Crippen LogP contribution in [0.3, 0.4) is 0 Å². The molecule has 2 amide bonds. The molecular weight excluding hydrogens is 340 g/mol. The van der Waals surface area contributed by atoms with Crippen molar-refractivity contribution in [3.05, 3.63) is 90.0 Å². The van der Waals surface area contributed by atoms with E-state index in [2.05, 4.69) is 10.6 Å². The first-order valence-corrected chi connectivity index (χ1v) is 8.54. The standard InChI is InChI=1S/C22H20N2O3/c1-27-20-13-6-5-10-17(20)14-21(25)23-18-11-7-12-19(15-18)24-22(26)16-8-3-2-4-9-16/h2-13,15H,14H2,1H3,(H,23,25)(H,24,26). The van der Waals surface area contributed by atoms with E-state index in [1.54, 1.807) is 43.5 Å². The number of rotatable bonds is 6. The van der Waals surface area contributed by atoms with Crippen molar-refractivity contribution in [3.63, 3.8) is 0 Å². The predicted molar refractivity (Wildman–Crippen MR) is 106 cm³/mol. The predicted octanol–water partition coefficient (Wildman–Crippen LogP) is 4.13. The number of ether oxygens (including phenoxy) is 1. The largest absolute Gasteiger partial charge is 0.496 e. The summed E-state index contributed by atoms with van der Waals surface area (Å²) < 4.78 is 5.27. The Balaban J connectivity index is 1.65. The maximum atomic E-state index is 12.4. The molecule has 3 aromatic carbocycles. The molecule has 5 heteroatoms. The van der Waals surface area contributed by atoms with Gasteiger partial charge in [-0.25, -0.2) is 0 Å². The van der Waals surface area contributed by atoms with E-state index in [9.17, 15) is 9.59 Å². The molecule has 0 radical (unpaired) electrons. The van der Waals surface area contributed by atoms with Crippen molar-refractivity contribution in [1.29, 1.82) is 0 Å². The van der Waals surface area contributed by atoms with E-state index in [-0.39, 0.29) is 18.2 Å². The van der Waals surface area contributed by atoms with Gasteiger partial charge < -0.3 is 15.4 Å². The Morgan fingerprint density at radius 2 is 1.48 bits per heavy atom. The lowest BCUT2D eigenvalue weighted by Gasteiger charge is -2.10. The number of carbonyl (C=O) groups is 2. The molecule has 0 saturated carbocycles. The summed E-state index contributed by atoms with van der Waals surface area (Å²) in [4.78, 5) is 24.6. The van der Waals surface area contributed by atoms with E-state index < -0.39 is 0 Å². The number of amides is 2. The summed E-state index contributed by atoms with van der Waals surface area (Å²) in [5.41, 5.74) is 2.61. The fraction of sp³-hybridized carbons (Fsp3) is 0.0909. The summed E-state index contributed by atoms with van der Waals surface area (Å²) in [7, 11) is 1.58. The topological polar surface area (TPSA) is 67.4 Å². The van der Waals surface area contributed by atoms with Crippen molar-refractivity contribution in [2.24, 2.45) is 0 Å². The first-order valence-electron chi connectivity index (χ1n) is 8.54. The van der Waals surface area contributed by atoms with Crippen LogP contribution in [-0.4, -0.2) is 18.9 Å². The van der Waals surface area contributed by atoms with Gasteiger partial charge in [0.15, 0.2) is 0 Å². The quantitative estimate of drug-likeness (QED) is 0.695. The van der Waals surface area contributed by atoms with E-state index in [1.807, 2.05) is 42.5 Å². The highest BCUT2D eigenvalue weighted by Gasteiger charge is 2.10. The van der Waals surface area contributed by atoms with Crippen LogP contribution < -0.4 is 15.4 Å². The second-order valence-electron chi connectivity index (χ2n) is 5.94. The fourth-order valence-corrected chi connectivity index (χ4v) is 2.69. The normalized spacial score (nSPS) is 10.1. The molecule has 0 aliphatic carbocycles. The number of methoxy groups -OCH3 is 1. The molecule has 0 atom stereocenters. The van der Waals surface area contributed by atoms with Gasteiger partial charge in [-0.05, 0) is 36.4 Å². The molecule has 3 aromatic rings. The smallest absolute Gasteiger partial charge is 0.255 e. The zero-order chi connectivity index (χ0) is 19.1. The van der Waals surface area contributed by atoms with Crippen molar-refractivity contribution >= 4 is 23.2 Å². The fourth-order valence-electron chi connectivity index (χ4n) is 2.69. The van der Waals surface area contributed by atoms with Crippen molar-refractivity contribution < 1.29 is 14.3 Å². The highest BCUT2D eigenvalue weighted by atomic mass is 16.5. The summed E-state index contributed by atoms with van der Waals surface area (Å²) >= 11 is 0. The van der Waals surface area contributed by atoms with Gasteiger partial charge in [-0.15, -0.1) is 0 Å². The Kier molecular flexibility index (Phi) is 5.84. The van der Waals surface area contributed by atoms with Gasteiger partial charge >= 0.3 is 0 Å². The molecule has 0 saturated heterocycles. The molecule has 27 heavy (non-hydrogen) atoms. The third kappa shape index (κ3) is 4.95. The minimum Gasteiger partial charge on any atom is -0.496 e. The van der Waals surface area contributed by atoms with Gasteiger partial charge in [0.25, 0.3) is 5.91 Å². The summed E-state index contributed by atoms with van der Waals surface area (Å²) in [5.74, 6) is 0.315. The Bertz CT molecular complexity index is 939. The van der Waals surface area contributed by atoms with Crippen molar-refractivity contribution in [1.82, 2.24) is 0 Å². The van der Waals surface area contributed by atoms with Crippen molar-refractivity contribution in [2.45, 2.75) is 6.42 Å². The molecular formula is C22H20N2O3. The van der Waals surface area contributed by atoms with Gasteiger partial charge in [0, 0.05) is 22.5 Å². The minimum atomic E-state index is -0.201. The number of carbonyl (C=O) groups excluding carboxylic acids is 2. The van der Waals surface area contributed by atoms with Crippen LogP contribution >= 0.6 is 0 Å². The van der Waals surface area contributed by atoms with Crippen LogP contribution in [0, 0.1) is 0 Å². The lowest BCUT2D eigenvalue weighted by Crippen LogP contribution is -2.15. The Labute approximate surface area is 158 Å². The molecule has 0 aromatic heterocycles. The van der Waals surface area contributed by atoms with E-state index in [0.717, 1.165) is 5.56 Å². The minimum absolute atomic E-state index is 0.161. The molecule has 0 heterocycles. The molecule has 5 nitrogen and oxygen atoms in total. The zero-order valence-corrected chi connectivity index (χ0v) is 14.9. The van der Waals surface area contributed by atoms with Crippen LogP contribution in [0.2, 0.25) is 0 Å². The van der Waals surface area contributed by atoms with Gasteiger partial charge in [0.2, 0.25) is 5.91 Å². The molecule has 0 bridgehead atoms. The van der Waals surface area contributed by atoms with Crippen LogP contribution in [0.15, 0.2) is 78.9 Å². The molecule has 0 fully saturated rings. The summed E-state index contributed by atoms with van der Waals surface area (Å²) in [6.45, 7) is 0. The maximum Gasteiger partial charge on any atom is 0.255 e. The highest BCUT2D eigenvalue weighted by molar-refractivity contribution is 6.04. The first kappa shape index (κ1) is 18.2. The third-order valence-corrected chi connectivity index (χ3v) is 3.98. The summed E-state index contributed by atoms with van der Waals surface area (Å²) in [5, 5.41) is 5.68. The van der Waals surface area contributed by atoms with Gasteiger partial charge in [-0.3, -0.25) is 9.59 Å². The van der Waals surface area contributed by atoms with Gasteiger partial charge in [-0.1, -0.05) is 42.5 Å². The number of hydrogen-bond acceptors (Lipinski definition) is 3. The average molecular weight is 360 g/mol. The SMILES string of the molecule is COc1ccccc1CC(=O)Nc1cccc(NC(=O)c2ccccc2)c1. The van der Waals surface area contributed by atoms with Crippen LogP contribution in [0.5, 0.6) is 5.75 Å². The zero-order valence-electron chi connectivity index (χ0n) is 14.9. The molecule has 0 aliphatic heterocycles. The summed E-state index contributed by atoms with van der Waals surface area (Å²) in [6, 6.07) is 23.4. The Morgan fingerprint density at radius 1 is 0.815 bits per heavy atom. The lowest BCUT2D eigenvalue weighted by atomic mass is 10.1. The van der Waals surface area contributed by atoms with Crippen molar-refractivity contribution in [3.8, 4) is 5.75 Å². The number of anilines is 2. The van der Waals surface area contributed by atoms with E-state index >= 15 is 0 Å². The highest BCUT2D eigenvalue weighted by Crippen LogP contribution is 2.20. The molecule has 0 unspecified atom stereocenters. The van der Waals surface area contributed by atoms with E-state index in [1.165, 1.54) is 0 Å². The monoisotopic (exact) mass is 360 g/mol. The van der Waals surface area contributed by atoms with Crippen molar-refractivity contribution in [2.75, 3.05) is 17.7 Å². The summed E-state index contributed by atoms with van der Waals surface area (Å²) in [6.07, 6.45) is 0.199. The molecule has 3 rings (SSSR count). The van der Waals surface area contributed by atoms with Gasteiger partial charge in [0.1, 0.15) is 5.75 Å². The van der Waals surface area contributed by atoms with Crippen LogP contribution in [-0.2, 0) is 11.2 Å². The van der Waals surface area contributed by atoms with Crippen LogP contribution in [0.25, 0.3) is 0 Å². The van der Waals surface area contributed by atoms with Gasteiger partial charge in [-0.2, -0.15) is 0 Å². The number of para-hydroxylation sites is 1. The third-order valence-electron chi connectivity index (χ3n) is 3.98.